The number of carbonyl (C=O) groups is 1. The van der Waals surface area contributed by atoms with E-state index in [4.69, 9.17) is 26.0 Å². The highest BCUT2D eigenvalue weighted by atomic mass is 16.5. The number of anilines is 1. The molecule has 2 fully saturated rings. The minimum atomic E-state index is -0.264. The average Bonchev–Trinajstić information content (AvgIpc) is 3.29. The molecule has 2 amide bonds. The van der Waals surface area contributed by atoms with Crippen LogP contribution in [0.4, 0.5) is 10.5 Å². The minimum Gasteiger partial charge on any atom is -0.404 e. The second-order valence-electron chi connectivity index (χ2n) is 9.23. The molecule has 36 heavy (non-hydrogen) atoms. The summed E-state index contributed by atoms with van der Waals surface area (Å²) in [5, 5.41) is 21.3. The molecule has 0 aromatic heterocycles. The van der Waals surface area contributed by atoms with Crippen LogP contribution in [0.1, 0.15) is 43.6 Å². The molecule has 3 heterocycles. The second kappa shape index (κ2) is 12.7. The zero-order chi connectivity index (χ0) is 25.3. The number of ether oxygens (including phenoxy) is 2. The molecule has 10 heteroatoms. The van der Waals surface area contributed by atoms with Crippen LogP contribution < -0.4 is 16.5 Å². The normalized spacial score (nSPS) is 22.1. The van der Waals surface area contributed by atoms with Crippen LogP contribution in [0.5, 0.6) is 0 Å². The molecule has 1 aromatic carbocycles. The maximum absolute atomic E-state index is 13.5. The van der Waals surface area contributed by atoms with Gasteiger partial charge in [-0.2, -0.15) is 0 Å². The summed E-state index contributed by atoms with van der Waals surface area (Å²) in [5.41, 5.74) is 12.1. The fraction of sp³-hybridized carbons (Fsp3) is 0.500. The number of carbonyl (C=O) groups excluding carboxylic acids is 1. The molecule has 0 aliphatic carbocycles. The molecule has 10 nitrogen and oxygen atoms in total. The lowest BCUT2D eigenvalue weighted by Gasteiger charge is -2.32. The highest BCUT2D eigenvalue weighted by Crippen LogP contribution is 2.30. The van der Waals surface area contributed by atoms with Crippen LogP contribution >= 0.6 is 0 Å². The van der Waals surface area contributed by atoms with Crippen molar-refractivity contribution in [2.75, 3.05) is 51.4 Å². The topological polar surface area (TPSA) is 140 Å². The lowest BCUT2D eigenvalue weighted by Crippen LogP contribution is -2.49. The maximum Gasteiger partial charge on any atom is 0.327 e. The van der Waals surface area contributed by atoms with Gasteiger partial charge in [-0.3, -0.25) is 10.3 Å². The van der Waals surface area contributed by atoms with Gasteiger partial charge < -0.3 is 31.4 Å². The Balaban J connectivity index is 1.52. The third-order valence-electron chi connectivity index (χ3n) is 6.90. The molecule has 3 aliphatic rings. The first-order valence-corrected chi connectivity index (χ1v) is 12.7. The van der Waals surface area contributed by atoms with Crippen molar-refractivity contribution >= 4 is 23.6 Å². The van der Waals surface area contributed by atoms with E-state index in [0.717, 1.165) is 50.8 Å². The lowest BCUT2D eigenvalue weighted by molar-refractivity contribution is 0.0148. The molecule has 6 N–H and O–H groups in total. The Morgan fingerprint density at radius 1 is 1.08 bits per heavy atom. The smallest absolute Gasteiger partial charge is 0.327 e. The molecule has 0 saturated carbocycles. The van der Waals surface area contributed by atoms with Gasteiger partial charge in [0.25, 0.3) is 0 Å². The molecule has 1 aromatic rings. The monoisotopic (exact) mass is 495 g/mol. The van der Waals surface area contributed by atoms with E-state index in [1.807, 2.05) is 17.1 Å². The summed E-state index contributed by atoms with van der Waals surface area (Å²) in [6.45, 7) is 4.54. The summed E-state index contributed by atoms with van der Waals surface area (Å²) in [5.74, 6) is 0.968. The van der Waals surface area contributed by atoms with Crippen LogP contribution in [-0.4, -0.2) is 73.9 Å². The van der Waals surface area contributed by atoms with Crippen LogP contribution in [0.15, 0.2) is 47.4 Å². The zero-order valence-electron chi connectivity index (χ0n) is 20.7. The fourth-order valence-electron chi connectivity index (χ4n) is 4.86. The van der Waals surface area contributed by atoms with E-state index in [1.165, 1.54) is 11.8 Å². The third-order valence-corrected chi connectivity index (χ3v) is 6.90. The van der Waals surface area contributed by atoms with Gasteiger partial charge in [0.1, 0.15) is 5.82 Å². The quantitative estimate of drug-likeness (QED) is 0.368. The van der Waals surface area contributed by atoms with Gasteiger partial charge in [0, 0.05) is 62.1 Å². The Labute approximate surface area is 212 Å². The van der Waals surface area contributed by atoms with Crippen molar-refractivity contribution in [2.45, 2.75) is 38.0 Å². The molecule has 4 rings (SSSR count). The number of allylic oxidation sites excluding steroid dienone is 1. The van der Waals surface area contributed by atoms with Gasteiger partial charge in [0.2, 0.25) is 0 Å². The van der Waals surface area contributed by atoms with Crippen molar-refractivity contribution in [2.24, 2.45) is 5.73 Å². The Morgan fingerprint density at radius 2 is 1.89 bits per heavy atom. The van der Waals surface area contributed by atoms with Crippen LogP contribution in [0.3, 0.4) is 0 Å². The number of nitrogens with two attached hydrogens (primary N) is 1. The van der Waals surface area contributed by atoms with Gasteiger partial charge in [-0.05, 0) is 49.3 Å². The molecule has 0 radical (unpaired) electrons. The first-order valence-electron chi connectivity index (χ1n) is 12.7. The number of nitrogens with one attached hydrogen (secondary N) is 4. The lowest BCUT2D eigenvalue weighted by atomic mass is 9.90. The number of benzene rings is 1. The summed E-state index contributed by atoms with van der Waals surface area (Å²) >= 11 is 0. The number of nitrogens with zero attached hydrogens (tertiary/aromatic N) is 2. The van der Waals surface area contributed by atoms with Crippen molar-refractivity contribution in [3.8, 4) is 0 Å². The summed E-state index contributed by atoms with van der Waals surface area (Å²) in [6.07, 6.45) is 7.14. The van der Waals surface area contributed by atoms with Crippen molar-refractivity contribution in [1.82, 2.24) is 15.3 Å². The molecule has 194 valence electrons. The molecular formula is C26H37N7O3. The van der Waals surface area contributed by atoms with Crippen molar-refractivity contribution < 1.29 is 14.3 Å². The van der Waals surface area contributed by atoms with Crippen LogP contribution in [0.2, 0.25) is 0 Å². The molecule has 2 saturated heterocycles. The van der Waals surface area contributed by atoms with Gasteiger partial charge in [0.05, 0.1) is 18.9 Å². The summed E-state index contributed by atoms with van der Waals surface area (Å²) in [7, 11) is 0. The number of hydrogen-bond donors (Lipinski definition) is 5. The van der Waals surface area contributed by atoms with E-state index in [0.29, 0.717) is 62.2 Å². The first kappa shape index (κ1) is 25.9. The van der Waals surface area contributed by atoms with Gasteiger partial charge >= 0.3 is 6.03 Å². The number of hydrazine groups is 1. The molecule has 1 atom stereocenters. The van der Waals surface area contributed by atoms with Gasteiger partial charge in [-0.15, -0.1) is 0 Å². The maximum atomic E-state index is 13.5. The van der Waals surface area contributed by atoms with E-state index < -0.39 is 0 Å². The molecular weight excluding hydrogens is 458 g/mol. The average molecular weight is 496 g/mol. The number of hydrogen-bond acceptors (Lipinski definition) is 8. The SMILES string of the molecule is N=C/C(=C\N)C(=N)C1=C(NN2CCOCC2)N(C(=O)Nc2cccc(C3CCCCOCC3)c2)CC1. The Kier molecular flexibility index (Phi) is 9.10. The minimum absolute atomic E-state index is 0.145. The Bertz CT molecular complexity index is 1010. The predicted octanol–water partition coefficient (Wildman–Crippen LogP) is 3.16. The van der Waals surface area contributed by atoms with Gasteiger partial charge in [-0.1, -0.05) is 18.6 Å². The molecule has 0 spiro atoms. The highest BCUT2D eigenvalue weighted by molar-refractivity contribution is 6.22. The van der Waals surface area contributed by atoms with Gasteiger partial charge in [-0.25, -0.2) is 9.80 Å². The Morgan fingerprint density at radius 3 is 2.67 bits per heavy atom. The first-order chi connectivity index (χ1) is 17.6. The van der Waals surface area contributed by atoms with Crippen LogP contribution in [0, 0.1) is 10.8 Å². The zero-order valence-corrected chi connectivity index (χ0v) is 20.7. The number of morpholine rings is 1. The standard InChI is InChI=1S/C26H37N7O3/c27-17-21(18-28)24(29)23-7-9-33(25(23)31-32-10-14-36-15-11-32)26(34)30-22-6-3-5-20(16-22)19-4-1-2-12-35-13-8-19/h3,5-6,16-19,27,29,31H,1-2,4,7-15,28H2,(H,30,34)/b21-18+,27-17?,29-24?. The van der Waals surface area contributed by atoms with Crippen LogP contribution in [0.25, 0.3) is 0 Å². The third kappa shape index (κ3) is 6.31. The summed E-state index contributed by atoms with van der Waals surface area (Å²) in [4.78, 5) is 15.1. The van der Waals surface area contributed by atoms with Crippen LogP contribution in [-0.2, 0) is 9.47 Å². The number of urea groups is 1. The molecule has 0 bridgehead atoms. The summed E-state index contributed by atoms with van der Waals surface area (Å²) in [6, 6.07) is 7.82. The van der Waals surface area contributed by atoms with E-state index in [1.54, 1.807) is 4.90 Å². The fourth-order valence-corrected chi connectivity index (χ4v) is 4.86. The molecule has 1 unspecified atom stereocenters. The summed E-state index contributed by atoms with van der Waals surface area (Å²) < 4.78 is 11.1. The van der Waals surface area contributed by atoms with Crippen molar-refractivity contribution in [3.05, 3.63) is 53.0 Å². The van der Waals surface area contributed by atoms with Gasteiger partial charge in [0.15, 0.2) is 0 Å². The van der Waals surface area contributed by atoms with E-state index >= 15 is 0 Å². The Hall–Kier alpha value is -3.21. The van der Waals surface area contributed by atoms with Crippen molar-refractivity contribution in [1.29, 1.82) is 10.8 Å². The van der Waals surface area contributed by atoms with E-state index in [9.17, 15) is 4.79 Å². The largest absolute Gasteiger partial charge is 0.404 e. The van der Waals surface area contributed by atoms with E-state index in [-0.39, 0.29) is 11.7 Å². The van der Waals surface area contributed by atoms with Crippen molar-refractivity contribution in [3.63, 3.8) is 0 Å². The molecule has 3 aliphatic heterocycles. The second-order valence-corrected chi connectivity index (χ2v) is 9.23. The number of rotatable bonds is 7. The predicted molar refractivity (Wildman–Crippen MR) is 140 cm³/mol. The number of amides is 2. The van der Waals surface area contributed by atoms with E-state index in [2.05, 4.69) is 22.9 Å². The highest BCUT2D eigenvalue weighted by Gasteiger charge is 2.32.